The summed E-state index contributed by atoms with van der Waals surface area (Å²) in [4.78, 5) is 12.5. The lowest BCUT2D eigenvalue weighted by Crippen LogP contribution is -2.12. The Kier molecular flexibility index (Phi) is 3.39. The molecule has 0 heterocycles. The topological polar surface area (TPSA) is 49.3 Å². The molecule has 0 aliphatic heterocycles. The number of para-hydroxylation sites is 1. The van der Waals surface area contributed by atoms with Gasteiger partial charge < -0.3 is 10.4 Å². The van der Waals surface area contributed by atoms with Gasteiger partial charge in [-0.25, -0.2) is 0 Å². The summed E-state index contributed by atoms with van der Waals surface area (Å²) < 4.78 is 0. The molecule has 0 aliphatic rings. The Morgan fingerprint density at radius 2 is 1.29 bits per heavy atom. The Morgan fingerprint density at radius 3 is 1.96 bits per heavy atom. The fourth-order valence-corrected chi connectivity index (χ4v) is 2.88. The van der Waals surface area contributed by atoms with E-state index < -0.39 is 0 Å². The molecule has 3 nitrogen and oxygen atoms in total. The Balaban J connectivity index is 1.79. The number of carbonyl (C=O) groups is 1. The van der Waals surface area contributed by atoms with Gasteiger partial charge in [-0.15, -0.1) is 0 Å². The standard InChI is InChI=1S/C21H15NO2/c23-20-13-17-11-15-7-5-4-6-14(15)10-16(17)12-19(20)21(24)22-18-8-2-1-3-9-18/h1-13,23H,(H,22,24). The summed E-state index contributed by atoms with van der Waals surface area (Å²) in [6, 6.07) is 24.6. The average molecular weight is 313 g/mol. The van der Waals surface area contributed by atoms with E-state index in [-0.39, 0.29) is 17.2 Å². The molecule has 0 saturated heterocycles. The van der Waals surface area contributed by atoms with Crippen LogP contribution in [0.3, 0.4) is 0 Å². The van der Waals surface area contributed by atoms with Gasteiger partial charge in [-0.2, -0.15) is 0 Å². The van der Waals surface area contributed by atoms with Gasteiger partial charge in [0, 0.05) is 5.69 Å². The Hall–Kier alpha value is -3.33. The van der Waals surface area contributed by atoms with Gasteiger partial charge in [-0.1, -0.05) is 42.5 Å². The summed E-state index contributed by atoms with van der Waals surface area (Å²) >= 11 is 0. The minimum absolute atomic E-state index is 0.0220. The first-order valence-electron chi connectivity index (χ1n) is 7.73. The summed E-state index contributed by atoms with van der Waals surface area (Å²) in [5.41, 5.74) is 0.960. The zero-order chi connectivity index (χ0) is 16.5. The SMILES string of the molecule is O=C(Nc1ccccc1)c1cc2cc3ccccc3cc2cc1O. The number of rotatable bonds is 2. The largest absolute Gasteiger partial charge is 0.507 e. The maximum absolute atomic E-state index is 12.5. The van der Waals surface area contributed by atoms with Gasteiger partial charge in [0.1, 0.15) is 5.75 Å². The van der Waals surface area contributed by atoms with Crippen molar-refractivity contribution in [1.82, 2.24) is 0 Å². The zero-order valence-corrected chi connectivity index (χ0v) is 12.9. The van der Waals surface area contributed by atoms with Crippen LogP contribution in [-0.2, 0) is 0 Å². The van der Waals surface area contributed by atoms with E-state index in [9.17, 15) is 9.90 Å². The first-order chi connectivity index (χ1) is 11.7. The number of fused-ring (bicyclic) bond motifs is 2. The quantitative estimate of drug-likeness (QED) is 0.514. The van der Waals surface area contributed by atoms with Crippen molar-refractivity contribution in [3.8, 4) is 5.75 Å². The van der Waals surface area contributed by atoms with Crippen LogP contribution in [0.25, 0.3) is 21.5 Å². The highest BCUT2D eigenvalue weighted by atomic mass is 16.3. The number of phenols is 1. The highest BCUT2D eigenvalue weighted by Gasteiger charge is 2.13. The van der Waals surface area contributed by atoms with Gasteiger partial charge in [-0.05, 0) is 57.9 Å². The van der Waals surface area contributed by atoms with Crippen molar-refractivity contribution in [2.75, 3.05) is 5.32 Å². The predicted molar refractivity (Wildman–Crippen MR) is 97.5 cm³/mol. The number of hydrogen-bond acceptors (Lipinski definition) is 2. The lowest BCUT2D eigenvalue weighted by atomic mass is 10.0. The molecule has 0 saturated carbocycles. The smallest absolute Gasteiger partial charge is 0.259 e. The van der Waals surface area contributed by atoms with Crippen molar-refractivity contribution in [1.29, 1.82) is 0 Å². The highest BCUT2D eigenvalue weighted by molar-refractivity contribution is 6.10. The number of nitrogens with one attached hydrogen (secondary N) is 1. The first kappa shape index (κ1) is 14.3. The monoisotopic (exact) mass is 313 g/mol. The third-order valence-electron chi connectivity index (χ3n) is 4.10. The van der Waals surface area contributed by atoms with E-state index in [1.165, 1.54) is 0 Å². The molecule has 4 aromatic rings. The summed E-state index contributed by atoms with van der Waals surface area (Å²) in [5.74, 6) is -0.347. The Morgan fingerprint density at radius 1 is 0.708 bits per heavy atom. The predicted octanol–water partition coefficient (Wildman–Crippen LogP) is 4.95. The van der Waals surface area contributed by atoms with Gasteiger partial charge in [0.25, 0.3) is 5.91 Å². The summed E-state index contributed by atoms with van der Waals surface area (Å²) in [6.07, 6.45) is 0. The van der Waals surface area contributed by atoms with Gasteiger partial charge in [0.05, 0.1) is 5.56 Å². The maximum Gasteiger partial charge on any atom is 0.259 e. The zero-order valence-electron chi connectivity index (χ0n) is 12.9. The van der Waals surface area contributed by atoms with Crippen molar-refractivity contribution in [2.24, 2.45) is 0 Å². The molecule has 0 unspecified atom stereocenters. The van der Waals surface area contributed by atoms with Crippen LogP contribution in [0, 0.1) is 0 Å². The van der Waals surface area contributed by atoms with Crippen molar-refractivity contribution >= 4 is 33.1 Å². The molecule has 1 amide bonds. The van der Waals surface area contributed by atoms with E-state index in [1.54, 1.807) is 12.1 Å². The number of anilines is 1. The van der Waals surface area contributed by atoms with Crippen LogP contribution < -0.4 is 5.32 Å². The normalized spacial score (nSPS) is 10.8. The van der Waals surface area contributed by atoms with Crippen LogP contribution in [0.5, 0.6) is 5.75 Å². The Labute approximate surface area is 139 Å². The molecule has 0 radical (unpaired) electrons. The molecular formula is C21H15NO2. The van der Waals surface area contributed by atoms with Crippen LogP contribution in [0.2, 0.25) is 0 Å². The van der Waals surface area contributed by atoms with Crippen molar-refractivity contribution < 1.29 is 9.90 Å². The molecule has 0 bridgehead atoms. The van der Waals surface area contributed by atoms with Crippen molar-refractivity contribution in [3.63, 3.8) is 0 Å². The van der Waals surface area contributed by atoms with Gasteiger partial charge in [-0.3, -0.25) is 4.79 Å². The highest BCUT2D eigenvalue weighted by Crippen LogP contribution is 2.29. The summed E-state index contributed by atoms with van der Waals surface area (Å²) in [7, 11) is 0. The van der Waals surface area contributed by atoms with Crippen LogP contribution in [-0.4, -0.2) is 11.0 Å². The molecule has 0 atom stereocenters. The minimum Gasteiger partial charge on any atom is -0.507 e. The lowest BCUT2D eigenvalue weighted by molar-refractivity contribution is 0.102. The van der Waals surface area contributed by atoms with Crippen molar-refractivity contribution in [3.05, 3.63) is 84.4 Å². The maximum atomic E-state index is 12.5. The van der Waals surface area contributed by atoms with Crippen LogP contribution >= 0.6 is 0 Å². The first-order valence-corrected chi connectivity index (χ1v) is 7.73. The number of benzene rings is 4. The van der Waals surface area contributed by atoms with Gasteiger partial charge in [0.2, 0.25) is 0 Å². The molecule has 2 N–H and O–H groups in total. The number of amides is 1. The molecular weight excluding hydrogens is 298 g/mol. The third kappa shape index (κ3) is 2.57. The molecule has 0 spiro atoms. The Bertz CT molecular complexity index is 1060. The lowest BCUT2D eigenvalue weighted by Gasteiger charge is -2.09. The fraction of sp³-hybridized carbons (Fsp3) is 0. The summed E-state index contributed by atoms with van der Waals surface area (Å²) in [5, 5.41) is 17.1. The van der Waals surface area contributed by atoms with Crippen LogP contribution in [0.4, 0.5) is 5.69 Å². The van der Waals surface area contributed by atoms with Crippen LogP contribution in [0.1, 0.15) is 10.4 Å². The molecule has 3 heteroatoms. The molecule has 116 valence electrons. The van der Waals surface area contributed by atoms with Gasteiger partial charge >= 0.3 is 0 Å². The van der Waals surface area contributed by atoms with Crippen LogP contribution in [0.15, 0.2) is 78.9 Å². The second kappa shape index (κ2) is 5.70. The molecule has 0 aliphatic carbocycles. The van der Waals surface area contributed by atoms with E-state index in [2.05, 4.69) is 5.32 Å². The molecule has 24 heavy (non-hydrogen) atoms. The number of aromatic hydroxyl groups is 1. The molecule has 0 fully saturated rings. The van der Waals surface area contributed by atoms with Crippen molar-refractivity contribution in [2.45, 2.75) is 0 Å². The minimum atomic E-state index is -0.325. The number of hydrogen-bond donors (Lipinski definition) is 2. The van der Waals surface area contributed by atoms with E-state index in [0.717, 1.165) is 21.5 Å². The summed E-state index contributed by atoms with van der Waals surface area (Å²) in [6.45, 7) is 0. The molecule has 4 rings (SSSR count). The van der Waals surface area contributed by atoms with Gasteiger partial charge in [0.15, 0.2) is 0 Å². The average Bonchev–Trinajstić information content (AvgIpc) is 2.60. The number of carbonyl (C=O) groups excluding carboxylic acids is 1. The molecule has 4 aromatic carbocycles. The van der Waals surface area contributed by atoms with E-state index >= 15 is 0 Å². The van der Waals surface area contributed by atoms with E-state index in [0.29, 0.717) is 5.69 Å². The number of phenolic OH excluding ortho intramolecular Hbond substituents is 1. The second-order valence-corrected chi connectivity index (χ2v) is 5.74. The fourth-order valence-electron chi connectivity index (χ4n) is 2.88. The van der Waals surface area contributed by atoms with E-state index in [1.807, 2.05) is 66.7 Å². The third-order valence-corrected chi connectivity index (χ3v) is 4.10. The van der Waals surface area contributed by atoms with E-state index in [4.69, 9.17) is 0 Å². The molecule has 0 aromatic heterocycles. The second-order valence-electron chi connectivity index (χ2n) is 5.74.